The largest absolute Gasteiger partial charge is 0.316 e. The summed E-state index contributed by atoms with van der Waals surface area (Å²) in [6.07, 6.45) is 2.94. The van der Waals surface area contributed by atoms with Crippen molar-refractivity contribution in [3.05, 3.63) is 42.1 Å². The summed E-state index contributed by atoms with van der Waals surface area (Å²) in [7, 11) is 0. The molecule has 3 heterocycles. The summed E-state index contributed by atoms with van der Waals surface area (Å²) in [5, 5.41) is 24.2. The smallest absolute Gasteiger partial charge is 0.208 e. The van der Waals surface area contributed by atoms with Crippen LogP contribution in [0.1, 0.15) is 17.9 Å². The summed E-state index contributed by atoms with van der Waals surface area (Å²) in [6, 6.07) is 10.6. The Morgan fingerprint density at radius 2 is 2.04 bits per heavy atom. The fraction of sp³-hybridized carbons (Fsp3) is 0.250. The summed E-state index contributed by atoms with van der Waals surface area (Å²) in [4.78, 5) is 4.33. The van der Waals surface area contributed by atoms with Gasteiger partial charge in [0.2, 0.25) is 5.82 Å². The summed E-state index contributed by atoms with van der Waals surface area (Å²) < 4.78 is 0. The third-order valence-corrected chi connectivity index (χ3v) is 4.88. The first kappa shape index (κ1) is 15.3. The maximum absolute atomic E-state index is 5.77. The Morgan fingerprint density at radius 1 is 1.17 bits per heavy atom. The zero-order valence-corrected chi connectivity index (χ0v) is 13.8. The minimum atomic E-state index is 0.495. The van der Waals surface area contributed by atoms with Crippen LogP contribution in [0.25, 0.3) is 22.5 Å². The average Bonchev–Trinajstić information content (AvgIpc) is 3.35. The van der Waals surface area contributed by atoms with Crippen molar-refractivity contribution >= 4 is 11.9 Å². The van der Waals surface area contributed by atoms with Crippen LogP contribution in [0.3, 0.4) is 0 Å². The topological polar surface area (TPSA) is 105 Å². The van der Waals surface area contributed by atoms with Crippen LogP contribution in [0, 0.1) is 0 Å². The van der Waals surface area contributed by atoms with Gasteiger partial charge in [-0.05, 0) is 58.8 Å². The van der Waals surface area contributed by atoms with Crippen molar-refractivity contribution in [2.75, 3.05) is 13.1 Å². The zero-order chi connectivity index (χ0) is 16.4. The molecule has 4 rings (SSSR count). The molecule has 1 fully saturated rings. The summed E-state index contributed by atoms with van der Waals surface area (Å²) in [6.45, 7) is 2.15. The molecule has 3 aromatic rings. The number of nitrogens with zero attached hydrogens (tertiary/aromatic N) is 4. The predicted octanol–water partition coefficient (Wildman–Crippen LogP) is 1.97. The predicted molar refractivity (Wildman–Crippen MR) is 93.1 cm³/mol. The van der Waals surface area contributed by atoms with E-state index in [4.69, 9.17) is 5.14 Å². The molecule has 0 aliphatic carbocycles. The van der Waals surface area contributed by atoms with E-state index in [2.05, 4.69) is 55.2 Å². The number of nitrogens with one attached hydrogen (secondary N) is 2. The second-order valence-corrected chi connectivity index (χ2v) is 6.33. The van der Waals surface area contributed by atoms with E-state index in [0.29, 0.717) is 16.8 Å². The Hall–Kier alpha value is -2.29. The number of H-pyrrole nitrogens is 1. The van der Waals surface area contributed by atoms with Gasteiger partial charge in [0.05, 0.1) is 5.56 Å². The lowest BCUT2D eigenvalue weighted by Gasteiger charge is -2.12. The molecule has 0 spiro atoms. The quantitative estimate of drug-likeness (QED) is 0.624. The highest BCUT2D eigenvalue weighted by molar-refractivity contribution is 7.97. The Bertz CT molecular complexity index is 811. The van der Waals surface area contributed by atoms with Crippen LogP contribution >= 0.6 is 11.9 Å². The molecule has 1 aliphatic rings. The Labute approximate surface area is 143 Å². The number of tetrazole rings is 1. The van der Waals surface area contributed by atoms with E-state index >= 15 is 0 Å². The van der Waals surface area contributed by atoms with Gasteiger partial charge in [0.15, 0.2) is 0 Å². The van der Waals surface area contributed by atoms with Gasteiger partial charge in [-0.25, -0.2) is 4.98 Å². The van der Waals surface area contributed by atoms with Crippen LogP contribution in [0.5, 0.6) is 0 Å². The van der Waals surface area contributed by atoms with Gasteiger partial charge in [-0.15, -0.1) is 10.2 Å². The third kappa shape index (κ3) is 2.79. The van der Waals surface area contributed by atoms with E-state index in [1.807, 2.05) is 6.07 Å². The second kappa shape index (κ2) is 6.68. The van der Waals surface area contributed by atoms with Crippen molar-refractivity contribution in [3.8, 4) is 22.5 Å². The molecule has 1 aliphatic heterocycles. The van der Waals surface area contributed by atoms with Crippen LogP contribution in [-0.4, -0.2) is 38.7 Å². The van der Waals surface area contributed by atoms with E-state index in [1.54, 1.807) is 6.20 Å². The first-order valence-electron chi connectivity index (χ1n) is 7.77. The number of hydrogen-bond donors (Lipinski definition) is 3. The van der Waals surface area contributed by atoms with Crippen LogP contribution in [0.4, 0.5) is 0 Å². The van der Waals surface area contributed by atoms with Gasteiger partial charge in [-0.2, -0.15) is 5.21 Å². The Kier molecular flexibility index (Phi) is 4.24. The molecule has 0 bridgehead atoms. The molecular weight excluding hydrogens is 322 g/mol. The lowest BCUT2D eigenvalue weighted by molar-refractivity contribution is 0.763. The highest BCUT2D eigenvalue weighted by Crippen LogP contribution is 2.35. The molecular formula is C16H17N7S. The molecule has 24 heavy (non-hydrogen) atoms. The van der Waals surface area contributed by atoms with Gasteiger partial charge < -0.3 is 5.32 Å². The lowest BCUT2D eigenvalue weighted by Crippen LogP contribution is -2.07. The van der Waals surface area contributed by atoms with Gasteiger partial charge in [0.1, 0.15) is 5.03 Å². The van der Waals surface area contributed by atoms with Gasteiger partial charge >= 0.3 is 0 Å². The Morgan fingerprint density at radius 3 is 2.71 bits per heavy atom. The number of rotatable bonds is 4. The highest BCUT2D eigenvalue weighted by atomic mass is 32.2. The van der Waals surface area contributed by atoms with Gasteiger partial charge in [0, 0.05) is 12.7 Å². The summed E-state index contributed by atoms with van der Waals surface area (Å²) in [5.74, 6) is 1.10. The molecule has 1 unspecified atom stereocenters. The number of aromatic amines is 1. The number of benzene rings is 1. The van der Waals surface area contributed by atoms with E-state index in [-0.39, 0.29) is 0 Å². The molecule has 0 amide bonds. The molecule has 7 nitrogen and oxygen atoms in total. The Balaban J connectivity index is 1.76. The van der Waals surface area contributed by atoms with Crippen molar-refractivity contribution in [1.82, 2.24) is 30.9 Å². The van der Waals surface area contributed by atoms with Crippen LogP contribution < -0.4 is 10.5 Å². The fourth-order valence-electron chi connectivity index (χ4n) is 3.13. The van der Waals surface area contributed by atoms with E-state index in [9.17, 15) is 0 Å². The maximum Gasteiger partial charge on any atom is 0.208 e. The van der Waals surface area contributed by atoms with E-state index in [0.717, 1.165) is 41.7 Å². The molecule has 2 aromatic heterocycles. The monoisotopic (exact) mass is 339 g/mol. The molecule has 0 radical (unpaired) electrons. The third-order valence-electron chi connectivity index (χ3n) is 4.35. The first-order valence-corrected chi connectivity index (χ1v) is 8.65. The van der Waals surface area contributed by atoms with Gasteiger partial charge in [-0.1, -0.05) is 24.3 Å². The van der Waals surface area contributed by atoms with Crippen molar-refractivity contribution in [3.63, 3.8) is 0 Å². The van der Waals surface area contributed by atoms with Crippen LogP contribution in [-0.2, 0) is 0 Å². The van der Waals surface area contributed by atoms with E-state index < -0.39 is 0 Å². The molecule has 8 heteroatoms. The zero-order valence-electron chi connectivity index (χ0n) is 12.9. The maximum atomic E-state index is 5.77. The van der Waals surface area contributed by atoms with Gasteiger partial charge in [-0.3, -0.25) is 5.14 Å². The van der Waals surface area contributed by atoms with Crippen molar-refractivity contribution in [2.45, 2.75) is 17.4 Å². The molecule has 1 aromatic carbocycles. The molecule has 1 saturated heterocycles. The van der Waals surface area contributed by atoms with Crippen molar-refractivity contribution in [2.24, 2.45) is 5.14 Å². The van der Waals surface area contributed by atoms with Crippen molar-refractivity contribution in [1.29, 1.82) is 0 Å². The molecule has 1 atom stereocenters. The minimum Gasteiger partial charge on any atom is -0.316 e. The number of hydrogen-bond acceptors (Lipinski definition) is 7. The van der Waals surface area contributed by atoms with E-state index in [1.165, 1.54) is 12.0 Å². The number of pyridine rings is 1. The standard InChI is InChI=1S/C16H17N7S/c17-24-16-14(15-20-22-23-21-15)13(6-8-19-16)11-3-1-10(2-4-11)12-5-7-18-9-12/h1-4,6,8,12,18H,5,7,9,17H2,(H,20,21,22,23). The van der Waals surface area contributed by atoms with Crippen molar-refractivity contribution < 1.29 is 0 Å². The summed E-state index contributed by atoms with van der Waals surface area (Å²) >= 11 is 1.09. The SMILES string of the molecule is NSc1nccc(-c2ccc(C3CCNC3)cc2)c1-c1nn[nH]n1. The van der Waals surface area contributed by atoms with Crippen LogP contribution in [0.2, 0.25) is 0 Å². The fourth-order valence-corrected chi connectivity index (χ4v) is 3.57. The average molecular weight is 339 g/mol. The summed E-state index contributed by atoms with van der Waals surface area (Å²) in [5.41, 5.74) is 4.25. The van der Waals surface area contributed by atoms with Gasteiger partial charge in [0.25, 0.3) is 0 Å². The molecule has 122 valence electrons. The minimum absolute atomic E-state index is 0.495. The normalized spacial score (nSPS) is 17.3. The highest BCUT2D eigenvalue weighted by Gasteiger charge is 2.19. The molecule has 0 saturated carbocycles. The molecule has 4 N–H and O–H groups in total. The number of aromatic nitrogens is 5. The van der Waals surface area contributed by atoms with Crippen LogP contribution in [0.15, 0.2) is 41.6 Å². The second-order valence-electron chi connectivity index (χ2n) is 5.70. The lowest BCUT2D eigenvalue weighted by atomic mass is 9.94. The first-order chi connectivity index (χ1) is 11.9. The number of nitrogens with two attached hydrogens (primary N) is 1.